The van der Waals surface area contributed by atoms with Gasteiger partial charge in [-0.2, -0.15) is 0 Å². The van der Waals surface area contributed by atoms with Gasteiger partial charge in [-0.25, -0.2) is 9.98 Å². The molecule has 2 aliphatic rings. The van der Waals surface area contributed by atoms with Crippen LogP contribution in [0.5, 0.6) is 0 Å². The van der Waals surface area contributed by atoms with Crippen LogP contribution in [0.4, 0.5) is 33.8 Å². The summed E-state index contributed by atoms with van der Waals surface area (Å²) >= 11 is -22.5. The summed E-state index contributed by atoms with van der Waals surface area (Å²) in [4.78, 5) is 9.59. The number of hydrogen-bond donors (Lipinski definition) is 0. The van der Waals surface area contributed by atoms with Crippen molar-refractivity contribution in [3.8, 4) is 0 Å². The first kappa shape index (κ1) is 45.2. The predicted molar refractivity (Wildman–Crippen MR) is 119 cm³/mol. The topological polar surface area (TPSA) is 106 Å². The molecule has 0 fully saturated rings. The molecule has 241 valence electrons. The molecule has 2 rings (SSSR count). The molecular weight excluding hydrogens is 831 g/mol. The van der Waals surface area contributed by atoms with Crippen molar-refractivity contribution in [1.82, 2.24) is 0 Å². The Morgan fingerprint density at radius 2 is 0.737 bits per heavy atom. The maximum atomic E-state index is 9.93. The fourth-order valence-electron chi connectivity index (χ4n) is 2.41. The molecule has 0 aliphatic carbocycles. The number of halogens is 12. The number of hydrogen-bond acceptors (Lipinski definition) is 4. The van der Waals surface area contributed by atoms with Crippen molar-refractivity contribution in [2.45, 2.75) is 67.5 Å². The van der Waals surface area contributed by atoms with E-state index in [0.717, 1.165) is 11.8 Å². The van der Waals surface area contributed by atoms with Crippen LogP contribution in [0.15, 0.2) is 9.98 Å². The molecule has 0 saturated carbocycles. The number of ether oxygens (including phenoxy) is 2. The fraction of sp³-hybridized carbons (Fsp3) is 0.882. The summed E-state index contributed by atoms with van der Waals surface area (Å²) in [6, 6.07) is 0.402. The Morgan fingerprint density at radius 3 is 0.868 bits per heavy atom. The minimum absolute atomic E-state index is 0. The Morgan fingerprint density at radius 1 is 0.553 bits per heavy atom. The van der Waals surface area contributed by atoms with E-state index in [-0.39, 0.29) is 56.3 Å². The Labute approximate surface area is 227 Å². The van der Waals surface area contributed by atoms with Gasteiger partial charge in [-0.05, 0) is 24.7 Å². The Bertz CT molecular complexity index is 770. The Hall–Kier alpha value is 0.176. The van der Waals surface area contributed by atoms with E-state index in [1.54, 1.807) is 0 Å². The van der Waals surface area contributed by atoms with E-state index >= 15 is 0 Å². The molecule has 2 heterocycles. The van der Waals surface area contributed by atoms with Crippen LogP contribution in [0.2, 0.25) is 0 Å². The third-order valence-corrected chi connectivity index (χ3v) is 4.37. The van der Waals surface area contributed by atoms with E-state index < -0.39 is 39.0 Å². The van der Waals surface area contributed by atoms with Gasteiger partial charge in [0, 0.05) is 0 Å². The molecule has 38 heavy (non-hydrogen) atoms. The minimum atomic E-state index is -11.2. The molecule has 21 heteroatoms. The maximum absolute atomic E-state index is 11.2. The molecule has 0 spiro atoms. The van der Waals surface area contributed by atoms with Gasteiger partial charge in [-0.1, -0.05) is 41.5 Å². The quantitative estimate of drug-likeness (QED) is 0.239. The second kappa shape index (κ2) is 11.1. The van der Waals surface area contributed by atoms with Crippen molar-refractivity contribution in [3.05, 3.63) is 0 Å². The van der Waals surface area contributed by atoms with Gasteiger partial charge in [0.15, 0.2) is 11.8 Å². The van der Waals surface area contributed by atoms with Crippen LogP contribution in [0.25, 0.3) is 0 Å². The van der Waals surface area contributed by atoms with Gasteiger partial charge in [-0.3, -0.25) is 0 Å². The molecule has 0 aromatic heterocycles. The normalized spacial score (nSPS) is 23.5. The molecule has 1 radical (unpaired) electrons. The average Bonchev–Trinajstić information content (AvgIpc) is 3.10. The molecule has 0 bridgehead atoms. The monoisotopic (exact) mass is 863 g/mol. The SMILES string of the molecule is CC(C)(C1=N[C@@H](C(C)(C)C)CO1)C1=N[C@@H](C(C)(C)C)CO1.O.O.[Cu+2].[F][Sb-]([F])([F])([F])([F])[F].[F][Sb-]([F])([F])([F])([F])[F]. The van der Waals surface area contributed by atoms with Crippen molar-refractivity contribution < 1.29 is 71.3 Å². The van der Waals surface area contributed by atoms with Crippen molar-refractivity contribution in [1.29, 1.82) is 0 Å². The second-order valence-electron chi connectivity index (χ2n) is 10.8. The number of rotatable bonds is 2. The van der Waals surface area contributed by atoms with Gasteiger partial charge in [0.1, 0.15) is 18.6 Å². The van der Waals surface area contributed by atoms with Gasteiger partial charge < -0.3 is 20.4 Å². The van der Waals surface area contributed by atoms with Gasteiger partial charge in [0.05, 0.1) is 12.1 Å². The van der Waals surface area contributed by atoms with E-state index in [9.17, 15) is 33.8 Å². The van der Waals surface area contributed by atoms with E-state index in [0.29, 0.717) is 13.2 Å². The third-order valence-electron chi connectivity index (χ3n) is 4.37. The first-order chi connectivity index (χ1) is 14.3. The Kier molecular flexibility index (Phi) is 13.2. The van der Waals surface area contributed by atoms with Crippen LogP contribution in [0.3, 0.4) is 0 Å². The molecule has 0 amide bonds. The first-order valence-electron chi connectivity index (χ1n) is 9.87. The van der Waals surface area contributed by atoms with Crippen LogP contribution in [0.1, 0.15) is 55.4 Å². The number of aliphatic imine (C=N–C) groups is 2. The van der Waals surface area contributed by atoms with Crippen molar-refractivity contribution in [2.75, 3.05) is 13.2 Å². The molecule has 0 aromatic rings. The fourth-order valence-corrected chi connectivity index (χ4v) is 2.41. The van der Waals surface area contributed by atoms with E-state index in [2.05, 4.69) is 55.4 Å². The summed E-state index contributed by atoms with van der Waals surface area (Å²) < 4.78 is 131. The van der Waals surface area contributed by atoms with Crippen LogP contribution in [-0.4, -0.2) is 87.0 Å². The van der Waals surface area contributed by atoms with E-state index in [4.69, 9.17) is 19.5 Å². The summed E-state index contributed by atoms with van der Waals surface area (Å²) in [7, 11) is 0. The zero-order chi connectivity index (χ0) is 28.9. The summed E-state index contributed by atoms with van der Waals surface area (Å²) in [5.41, 5.74) is -0.158. The molecule has 0 unspecified atom stereocenters. The molecule has 0 saturated heterocycles. The molecule has 0 aromatic carbocycles. The molecule has 4 N–H and O–H groups in total. The summed E-state index contributed by atoms with van der Waals surface area (Å²) in [6.45, 7) is 18.6. The summed E-state index contributed by atoms with van der Waals surface area (Å²) in [6.07, 6.45) is 0. The van der Waals surface area contributed by atoms with Gasteiger partial charge in [0.2, 0.25) is 0 Å². The van der Waals surface area contributed by atoms with Crippen LogP contribution in [-0.2, 0) is 26.5 Å². The summed E-state index contributed by atoms with van der Waals surface area (Å²) in [5, 5.41) is 0. The molecule has 2 aliphatic heterocycles. The van der Waals surface area contributed by atoms with Crippen molar-refractivity contribution in [2.24, 2.45) is 26.2 Å². The average molecular weight is 866 g/mol. The van der Waals surface area contributed by atoms with Crippen LogP contribution in [0, 0.1) is 16.2 Å². The van der Waals surface area contributed by atoms with Crippen molar-refractivity contribution in [3.63, 3.8) is 0 Å². The molecular formula is C17H34CuF12N2O4Sb2. The van der Waals surface area contributed by atoms with Gasteiger partial charge >= 0.3 is 89.8 Å². The summed E-state index contributed by atoms with van der Waals surface area (Å²) in [5.74, 6) is 1.52. The zero-order valence-corrected chi connectivity index (χ0v) is 27.6. The second-order valence-corrected chi connectivity index (χ2v) is 21.7. The van der Waals surface area contributed by atoms with Gasteiger partial charge in [-0.15, -0.1) is 0 Å². The van der Waals surface area contributed by atoms with E-state index in [1.165, 1.54) is 0 Å². The van der Waals surface area contributed by atoms with Crippen LogP contribution >= 0.6 is 0 Å². The molecule has 2 atom stereocenters. The Balaban J connectivity index is -0.000000286. The third kappa shape index (κ3) is 25.2. The molecule has 6 nitrogen and oxygen atoms in total. The van der Waals surface area contributed by atoms with E-state index in [1.807, 2.05) is 0 Å². The predicted octanol–water partition coefficient (Wildman–Crippen LogP) is 6.33. The van der Waals surface area contributed by atoms with Gasteiger partial charge in [0.25, 0.3) is 0 Å². The number of nitrogens with zero attached hydrogens (tertiary/aromatic N) is 2. The van der Waals surface area contributed by atoms with Crippen molar-refractivity contribution >= 4 is 50.7 Å². The van der Waals surface area contributed by atoms with Crippen LogP contribution < -0.4 is 0 Å². The standard InChI is InChI=1S/C17H30N2O2.Cu.12FH.2H2O.2Sb/c1-15(2,3)11-9-20-13(18-11)17(7,8)14-19-12(10-21-14)16(4,5)6;;;;;;;;;;;;;;;;;/h11-12H,9-10H2,1-8H3;;12*1H;2*1H2;;/q;+2;;;;;;;;;;;;;;;2*+5/p-12/t11-,12-;;;;;;;;;;;;;;;;;/m1................./s1. The first-order valence-corrected chi connectivity index (χ1v) is 21.4. The zero-order valence-electron chi connectivity index (χ0n) is 21.5.